The Labute approximate surface area is 176 Å². The SMILES string of the molecule is Cc1ccccc1S(=O)OC(c1ccc(N(C)C)cc1)c1ccc(N(C)C)cc1. The Morgan fingerprint density at radius 2 is 1.17 bits per heavy atom. The van der Waals surface area contributed by atoms with Crippen LogP contribution in [0.5, 0.6) is 0 Å². The van der Waals surface area contributed by atoms with E-state index in [1.807, 2.05) is 83.6 Å². The van der Waals surface area contributed by atoms with E-state index >= 15 is 0 Å². The fourth-order valence-corrected chi connectivity index (χ4v) is 4.10. The van der Waals surface area contributed by atoms with E-state index in [4.69, 9.17) is 4.18 Å². The molecule has 0 heterocycles. The van der Waals surface area contributed by atoms with Crippen molar-refractivity contribution in [3.63, 3.8) is 0 Å². The Bertz CT molecular complexity index is 915. The smallest absolute Gasteiger partial charge is 0.190 e. The molecule has 0 spiro atoms. The maximum absolute atomic E-state index is 13.0. The van der Waals surface area contributed by atoms with Crippen LogP contribution in [0.3, 0.4) is 0 Å². The molecule has 0 N–H and O–H groups in total. The van der Waals surface area contributed by atoms with E-state index in [0.717, 1.165) is 28.1 Å². The highest BCUT2D eigenvalue weighted by molar-refractivity contribution is 7.80. The predicted octanol–water partition coefficient (Wildman–Crippen LogP) is 4.96. The number of hydrogen-bond donors (Lipinski definition) is 0. The first-order valence-corrected chi connectivity index (χ1v) is 10.6. The largest absolute Gasteiger partial charge is 0.378 e. The summed E-state index contributed by atoms with van der Waals surface area (Å²) in [6.45, 7) is 1.95. The van der Waals surface area contributed by atoms with Gasteiger partial charge in [-0.2, -0.15) is 0 Å². The molecular formula is C24H28N2O2S. The molecule has 29 heavy (non-hydrogen) atoms. The van der Waals surface area contributed by atoms with Crippen LogP contribution in [0.25, 0.3) is 0 Å². The molecule has 4 nitrogen and oxygen atoms in total. The van der Waals surface area contributed by atoms with Gasteiger partial charge in [0.25, 0.3) is 0 Å². The van der Waals surface area contributed by atoms with Gasteiger partial charge in [-0.05, 0) is 53.9 Å². The highest BCUT2D eigenvalue weighted by Crippen LogP contribution is 2.31. The van der Waals surface area contributed by atoms with Crippen LogP contribution in [0.2, 0.25) is 0 Å². The third-order valence-electron chi connectivity index (χ3n) is 4.88. The zero-order chi connectivity index (χ0) is 21.0. The standard InChI is InChI=1S/C24H28N2O2S/c1-18-8-6-7-9-23(18)29(27)28-24(19-10-14-21(15-11-19)25(2)3)20-12-16-22(17-13-20)26(4)5/h6-17,24H,1-5H3. The van der Waals surface area contributed by atoms with Gasteiger partial charge < -0.3 is 9.80 Å². The molecule has 5 heteroatoms. The summed E-state index contributed by atoms with van der Waals surface area (Å²) in [7, 11) is 8.04. The molecule has 0 amide bonds. The van der Waals surface area contributed by atoms with E-state index in [0.29, 0.717) is 4.90 Å². The van der Waals surface area contributed by atoms with Crippen LogP contribution in [0.4, 0.5) is 11.4 Å². The lowest BCUT2D eigenvalue weighted by atomic mass is 10.0. The first-order chi connectivity index (χ1) is 13.9. The van der Waals surface area contributed by atoms with Crippen LogP contribution in [0.1, 0.15) is 22.8 Å². The Hall–Kier alpha value is -2.63. The first kappa shape index (κ1) is 21.1. The molecule has 3 aromatic carbocycles. The second kappa shape index (κ2) is 9.25. The molecule has 1 unspecified atom stereocenters. The predicted molar refractivity (Wildman–Crippen MR) is 122 cm³/mol. The second-order valence-corrected chi connectivity index (χ2v) is 8.55. The van der Waals surface area contributed by atoms with Crippen molar-refractivity contribution in [2.45, 2.75) is 17.9 Å². The van der Waals surface area contributed by atoms with Crippen LogP contribution in [0.15, 0.2) is 77.7 Å². The minimum absolute atomic E-state index is 0.428. The van der Waals surface area contributed by atoms with Crippen LogP contribution < -0.4 is 9.80 Å². The molecule has 3 rings (SSSR count). The van der Waals surface area contributed by atoms with Gasteiger partial charge >= 0.3 is 0 Å². The Morgan fingerprint density at radius 3 is 1.59 bits per heavy atom. The highest BCUT2D eigenvalue weighted by Gasteiger charge is 2.20. The summed E-state index contributed by atoms with van der Waals surface area (Å²) in [6, 6.07) is 24.0. The molecule has 0 bridgehead atoms. The molecule has 152 valence electrons. The van der Waals surface area contributed by atoms with Crippen molar-refractivity contribution >= 4 is 22.5 Å². The van der Waals surface area contributed by atoms with Crippen LogP contribution in [0, 0.1) is 6.92 Å². The van der Waals surface area contributed by atoms with Gasteiger partial charge in [-0.25, -0.2) is 4.21 Å². The van der Waals surface area contributed by atoms with Crippen LogP contribution in [-0.4, -0.2) is 32.4 Å². The number of nitrogens with zero attached hydrogens (tertiary/aromatic N) is 2. The maximum Gasteiger partial charge on any atom is 0.190 e. The molecule has 0 saturated carbocycles. The lowest BCUT2D eigenvalue weighted by Crippen LogP contribution is -2.12. The van der Waals surface area contributed by atoms with Gasteiger partial charge in [0, 0.05) is 39.6 Å². The monoisotopic (exact) mass is 408 g/mol. The summed E-state index contributed by atoms with van der Waals surface area (Å²) in [5, 5.41) is 0. The third kappa shape index (κ3) is 5.05. The minimum atomic E-state index is -1.58. The quantitative estimate of drug-likeness (QED) is 0.553. The van der Waals surface area contributed by atoms with Gasteiger partial charge in [0.2, 0.25) is 0 Å². The molecule has 0 saturated heterocycles. The van der Waals surface area contributed by atoms with Crippen molar-refractivity contribution in [3.8, 4) is 0 Å². The van der Waals surface area contributed by atoms with Crippen LogP contribution in [-0.2, 0) is 15.3 Å². The van der Waals surface area contributed by atoms with E-state index in [1.54, 1.807) is 0 Å². The fraction of sp³-hybridized carbons (Fsp3) is 0.250. The first-order valence-electron chi connectivity index (χ1n) is 9.56. The van der Waals surface area contributed by atoms with Gasteiger partial charge in [0.15, 0.2) is 11.1 Å². The maximum atomic E-state index is 13.0. The van der Waals surface area contributed by atoms with Crippen molar-refractivity contribution in [2.75, 3.05) is 38.0 Å². The van der Waals surface area contributed by atoms with Crippen molar-refractivity contribution in [1.82, 2.24) is 0 Å². The topological polar surface area (TPSA) is 32.8 Å². The average Bonchev–Trinajstić information content (AvgIpc) is 2.72. The molecular weight excluding hydrogens is 380 g/mol. The number of rotatable bonds is 7. The van der Waals surface area contributed by atoms with E-state index in [1.165, 1.54) is 0 Å². The van der Waals surface area contributed by atoms with Gasteiger partial charge in [-0.15, -0.1) is 0 Å². The van der Waals surface area contributed by atoms with Gasteiger partial charge in [0.05, 0.1) is 4.90 Å². The Morgan fingerprint density at radius 1 is 0.724 bits per heavy atom. The van der Waals surface area contributed by atoms with Crippen molar-refractivity contribution < 1.29 is 8.39 Å². The Balaban J connectivity index is 1.96. The normalized spacial score (nSPS) is 12.1. The van der Waals surface area contributed by atoms with E-state index in [2.05, 4.69) is 34.1 Å². The van der Waals surface area contributed by atoms with Crippen molar-refractivity contribution in [2.24, 2.45) is 0 Å². The molecule has 0 radical (unpaired) electrons. The zero-order valence-corrected chi connectivity index (χ0v) is 18.4. The Kier molecular flexibility index (Phi) is 6.72. The molecule has 3 aromatic rings. The van der Waals surface area contributed by atoms with Crippen molar-refractivity contribution in [3.05, 3.63) is 89.5 Å². The highest BCUT2D eigenvalue weighted by atomic mass is 32.2. The molecule has 0 aliphatic rings. The number of hydrogen-bond acceptors (Lipinski definition) is 4. The summed E-state index contributed by atoms with van der Waals surface area (Å²) in [6.07, 6.45) is -0.428. The molecule has 1 atom stereocenters. The van der Waals surface area contributed by atoms with Gasteiger partial charge in [-0.3, -0.25) is 4.18 Å². The fourth-order valence-electron chi connectivity index (χ4n) is 3.08. The van der Waals surface area contributed by atoms with E-state index < -0.39 is 17.2 Å². The molecule has 0 aliphatic heterocycles. The minimum Gasteiger partial charge on any atom is -0.378 e. The summed E-state index contributed by atoms with van der Waals surface area (Å²) < 4.78 is 19.2. The molecule has 0 aromatic heterocycles. The number of aryl methyl sites for hydroxylation is 1. The van der Waals surface area contributed by atoms with Gasteiger partial charge in [0.1, 0.15) is 6.10 Å². The average molecular weight is 409 g/mol. The van der Waals surface area contributed by atoms with Crippen LogP contribution >= 0.6 is 0 Å². The third-order valence-corrected chi connectivity index (χ3v) is 6.07. The second-order valence-electron chi connectivity index (χ2n) is 7.45. The van der Waals surface area contributed by atoms with Gasteiger partial charge in [-0.1, -0.05) is 42.5 Å². The summed E-state index contributed by atoms with van der Waals surface area (Å²) >= 11 is -1.58. The summed E-state index contributed by atoms with van der Waals surface area (Å²) in [4.78, 5) is 4.81. The molecule has 0 fully saturated rings. The lowest BCUT2D eigenvalue weighted by Gasteiger charge is -2.21. The summed E-state index contributed by atoms with van der Waals surface area (Å²) in [5.74, 6) is 0. The van der Waals surface area contributed by atoms with E-state index in [9.17, 15) is 4.21 Å². The lowest BCUT2D eigenvalue weighted by molar-refractivity contribution is 0.275. The summed E-state index contributed by atoms with van der Waals surface area (Å²) in [5.41, 5.74) is 5.10. The zero-order valence-electron chi connectivity index (χ0n) is 17.6. The number of benzene rings is 3. The van der Waals surface area contributed by atoms with Crippen molar-refractivity contribution in [1.29, 1.82) is 0 Å². The number of anilines is 2. The molecule has 0 aliphatic carbocycles. The van der Waals surface area contributed by atoms with E-state index in [-0.39, 0.29) is 0 Å².